The second-order valence-corrected chi connectivity index (χ2v) is 6.52. The van der Waals surface area contributed by atoms with Gasteiger partial charge in [-0.25, -0.2) is 4.39 Å². The molecule has 118 valence electrons. The number of rotatable bonds is 4. The molecular weight excluding hydrogens is 309 g/mol. The smallest absolute Gasteiger partial charge is 0.253 e. The van der Waals surface area contributed by atoms with Crippen LogP contribution < -0.4 is 5.32 Å². The zero-order valence-corrected chi connectivity index (χ0v) is 14.0. The van der Waals surface area contributed by atoms with Crippen LogP contribution in [0.5, 0.6) is 0 Å². The zero-order valence-electron chi connectivity index (χ0n) is 13.2. The molecule has 0 atom stereocenters. The molecule has 1 aromatic heterocycles. The molecule has 0 aliphatic heterocycles. The Labute approximate surface area is 139 Å². The Bertz CT molecular complexity index is 852. The highest BCUT2D eigenvalue weighted by Crippen LogP contribution is 2.39. The Balaban J connectivity index is 2.24. The van der Waals surface area contributed by atoms with Crippen molar-refractivity contribution in [1.29, 1.82) is 0 Å². The van der Waals surface area contributed by atoms with E-state index in [1.54, 1.807) is 30.5 Å². The van der Waals surface area contributed by atoms with Gasteiger partial charge >= 0.3 is 0 Å². The minimum absolute atomic E-state index is 0.107. The first-order valence-corrected chi connectivity index (χ1v) is 8.49. The van der Waals surface area contributed by atoms with E-state index in [9.17, 15) is 9.18 Å². The van der Waals surface area contributed by atoms with Crippen LogP contribution in [0.3, 0.4) is 0 Å². The van der Waals surface area contributed by atoms with Crippen molar-refractivity contribution >= 4 is 27.3 Å². The van der Waals surface area contributed by atoms with Gasteiger partial charge in [0.05, 0.1) is 5.56 Å². The number of halogens is 1. The van der Waals surface area contributed by atoms with E-state index in [2.05, 4.69) is 30.4 Å². The molecule has 3 aromatic rings. The number of hydrogen-bond acceptors (Lipinski definition) is 2. The number of fused-ring (bicyclic) bond motifs is 1. The highest BCUT2D eigenvalue weighted by atomic mass is 32.1. The average molecular weight is 327 g/mol. The third kappa shape index (κ3) is 2.99. The molecular formula is C19H18FNOS. The molecule has 2 nitrogen and oxygen atoms in total. The highest BCUT2D eigenvalue weighted by molar-refractivity contribution is 7.22. The van der Waals surface area contributed by atoms with Crippen molar-refractivity contribution in [2.45, 2.75) is 19.8 Å². The first-order valence-electron chi connectivity index (χ1n) is 7.67. The Kier molecular flexibility index (Phi) is 4.44. The van der Waals surface area contributed by atoms with E-state index in [0.29, 0.717) is 5.56 Å². The van der Waals surface area contributed by atoms with Gasteiger partial charge < -0.3 is 5.32 Å². The first-order chi connectivity index (χ1) is 11.1. The van der Waals surface area contributed by atoms with E-state index in [0.717, 1.165) is 33.4 Å². The Morgan fingerprint density at radius 1 is 1.17 bits per heavy atom. The minimum atomic E-state index is -0.276. The molecule has 23 heavy (non-hydrogen) atoms. The molecule has 1 amide bonds. The van der Waals surface area contributed by atoms with Crippen LogP contribution in [0.4, 0.5) is 4.39 Å². The number of carbonyl (C=O) groups excluding carboxylic acids is 1. The van der Waals surface area contributed by atoms with Crippen molar-refractivity contribution in [3.8, 4) is 10.4 Å². The number of hydrogen-bond donors (Lipinski definition) is 1. The van der Waals surface area contributed by atoms with Crippen LogP contribution >= 0.6 is 11.3 Å². The summed E-state index contributed by atoms with van der Waals surface area (Å²) >= 11 is 1.57. The lowest BCUT2D eigenvalue weighted by Gasteiger charge is -2.05. The minimum Gasteiger partial charge on any atom is -0.355 e. The van der Waals surface area contributed by atoms with Crippen molar-refractivity contribution in [1.82, 2.24) is 5.32 Å². The molecule has 0 aliphatic carbocycles. The van der Waals surface area contributed by atoms with E-state index in [-0.39, 0.29) is 11.7 Å². The van der Waals surface area contributed by atoms with Crippen LogP contribution in [0.15, 0.2) is 42.5 Å². The van der Waals surface area contributed by atoms with Gasteiger partial charge in [0, 0.05) is 22.0 Å². The summed E-state index contributed by atoms with van der Waals surface area (Å²) in [6, 6.07) is 12.6. The number of nitrogens with one attached hydrogen (secondary N) is 1. The molecule has 0 spiro atoms. The summed E-state index contributed by atoms with van der Waals surface area (Å²) < 4.78 is 14.3. The fourth-order valence-corrected chi connectivity index (χ4v) is 3.93. The second kappa shape index (κ2) is 6.50. The van der Waals surface area contributed by atoms with E-state index in [1.165, 1.54) is 17.7 Å². The van der Waals surface area contributed by atoms with E-state index < -0.39 is 0 Å². The second-order valence-electron chi connectivity index (χ2n) is 5.47. The van der Waals surface area contributed by atoms with Crippen molar-refractivity contribution in [3.63, 3.8) is 0 Å². The summed E-state index contributed by atoms with van der Waals surface area (Å²) in [6.07, 6.45) is 2.06. The number of thiophene rings is 1. The Morgan fingerprint density at radius 3 is 2.57 bits per heavy atom. The molecule has 0 saturated carbocycles. The number of benzene rings is 2. The van der Waals surface area contributed by atoms with E-state index in [4.69, 9.17) is 0 Å². The third-order valence-corrected chi connectivity index (χ3v) is 5.07. The number of amides is 1. The predicted octanol–water partition coefficient (Wildman–Crippen LogP) is 5.02. The fourth-order valence-electron chi connectivity index (χ4n) is 2.74. The summed E-state index contributed by atoms with van der Waals surface area (Å²) in [4.78, 5) is 13.3. The molecule has 2 aromatic carbocycles. The topological polar surface area (TPSA) is 29.1 Å². The van der Waals surface area contributed by atoms with Crippen molar-refractivity contribution in [3.05, 3.63) is 59.4 Å². The molecule has 0 unspecified atom stereocenters. The van der Waals surface area contributed by atoms with Crippen molar-refractivity contribution in [2.24, 2.45) is 0 Å². The van der Waals surface area contributed by atoms with Gasteiger partial charge in [0.25, 0.3) is 5.91 Å². The van der Waals surface area contributed by atoms with E-state index >= 15 is 0 Å². The summed E-state index contributed by atoms with van der Waals surface area (Å²) in [6.45, 7) is 2.14. The molecule has 1 N–H and O–H groups in total. The summed E-state index contributed by atoms with van der Waals surface area (Å²) in [7, 11) is 1.64. The third-order valence-electron chi connectivity index (χ3n) is 3.85. The monoisotopic (exact) mass is 327 g/mol. The first kappa shape index (κ1) is 15.7. The summed E-state index contributed by atoms with van der Waals surface area (Å²) in [5, 5.41) is 3.70. The van der Waals surface area contributed by atoms with Crippen LogP contribution in [-0.4, -0.2) is 13.0 Å². The SMILES string of the molecule is CCCc1ccc2sc(-c3ccc(F)cc3)c(C(=O)NC)c2c1. The van der Waals surface area contributed by atoms with Gasteiger partial charge in [0.15, 0.2) is 0 Å². The van der Waals surface area contributed by atoms with Crippen LogP contribution in [0, 0.1) is 5.82 Å². The van der Waals surface area contributed by atoms with E-state index in [1.807, 2.05) is 0 Å². The number of carbonyl (C=O) groups is 1. The van der Waals surface area contributed by atoms with Gasteiger partial charge in [-0.15, -0.1) is 11.3 Å². The summed E-state index contributed by atoms with van der Waals surface area (Å²) in [5.74, 6) is -0.384. The van der Waals surface area contributed by atoms with Gasteiger partial charge in [-0.05, 0) is 41.8 Å². The van der Waals surface area contributed by atoms with Crippen LogP contribution in [-0.2, 0) is 6.42 Å². The summed E-state index contributed by atoms with van der Waals surface area (Å²) in [5.41, 5.74) is 2.77. The standard InChI is InChI=1S/C19H18FNOS/c1-3-4-12-5-10-16-15(11-12)17(19(22)21-2)18(23-16)13-6-8-14(20)9-7-13/h5-11H,3-4H2,1-2H3,(H,21,22). The van der Waals surface area contributed by atoms with Crippen LogP contribution in [0.25, 0.3) is 20.5 Å². The van der Waals surface area contributed by atoms with Crippen molar-refractivity contribution < 1.29 is 9.18 Å². The predicted molar refractivity (Wildman–Crippen MR) is 94.6 cm³/mol. The lowest BCUT2D eigenvalue weighted by atomic mass is 10.0. The van der Waals surface area contributed by atoms with Gasteiger partial charge in [-0.1, -0.05) is 31.5 Å². The average Bonchev–Trinajstić information content (AvgIpc) is 2.94. The quantitative estimate of drug-likeness (QED) is 0.716. The molecule has 3 rings (SSSR count). The maximum absolute atomic E-state index is 13.2. The van der Waals surface area contributed by atoms with Gasteiger partial charge in [-0.3, -0.25) is 4.79 Å². The molecule has 0 aliphatic rings. The van der Waals surface area contributed by atoms with Crippen LogP contribution in [0.2, 0.25) is 0 Å². The van der Waals surface area contributed by atoms with Crippen molar-refractivity contribution in [2.75, 3.05) is 7.05 Å². The van der Waals surface area contributed by atoms with Crippen LogP contribution in [0.1, 0.15) is 29.3 Å². The lowest BCUT2D eigenvalue weighted by Crippen LogP contribution is -2.18. The zero-order chi connectivity index (χ0) is 16.4. The van der Waals surface area contributed by atoms with Gasteiger partial charge in [-0.2, -0.15) is 0 Å². The Morgan fingerprint density at radius 2 is 1.91 bits per heavy atom. The maximum Gasteiger partial charge on any atom is 0.253 e. The number of aryl methyl sites for hydroxylation is 1. The van der Waals surface area contributed by atoms with Gasteiger partial charge in [0.2, 0.25) is 0 Å². The molecule has 4 heteroatoms. The molecule has 0 fully saturated rings. The largest absolute Gasteiger partial charge is 0.355 e. The lowest BCUT2D eigenvalue weighted by molar-refractivity contribution is 0.0965. The maximum atomic E-state index is 13.2. The highest BCUT2D eigenvalue weighted by Gasteiger charge is 2.19. The Hall–Kier alpha value is -2.20. The normalized spacial score (nSPS) is 10.9. The molecule has 0 radical (unpaired) electrons. The molecule has 0 saturated heterocycles. The molecule has 1 heterocycles. The van der Waals surface area contributed by atoms with Gasteiger partial charge in [0.1, 0.15) is 5.82 Å². The fraction of sp³-hybridized carbons (Fsp3) is 0.211. The molecule has 0 bridgehead atoms.